The molecule has 2 heteroatoms. The SMILES string of the molecule is Cc1ccc(F)cc1C1CCC(N)C1. The molecule has 0 aliphatic heterocycles. The third kappa shape index (κ3) is 1.80. The van der Waals surface area contributed by atoms with Crippen LogP contribution in [0.25, 0.3) is 0 Å². The van der Waals surface area contributed by atoms with Gasteiger partial charge in [0.2, 0.25) is 0 Å². The molecule has 1 aromatic rings. The summed E-state index contributed by atoms with van der Waals surface area (Å²) in [5, 5.41) is 0. The zero-order valence-electron chi connectivity index (χ0n) is 8.46. The van der Waals surface area contributed by atoms with Crippen molar-refractivity contribution < 1.29 is 4.39 Å². The maximum Gasteiger partial charge on any atom is 0.123 e. The lowest BCUT2D eigenvalue weighted by Gasteiger charge is -2.13. The van der Waals surface area contributed by atoms with E-state index in [4.69, 9.17) is 5.73 Å². The molecule has 0 spiro atoms. The van der Waals surface area contributed by atoms with E-state index in [0.29, 0.717) is 12.0 Å². The normalized spacial score (nSPS) is 26.8. The van der Waals surface area contributed by atoms with Crippen molar-refractivity contribution in [1.29, 1.82) is 0 Å². The Morgan fingerprint density at radius 1 is 1.36 bits per heavy atom. The van der Waals surface area contributed by atoms with Crippen LogP contribution in [0, 0.1) is 12.7 Å². The van der Waals surface area contributed by atoms with Gasteiger partial charge in [0.1, 0.15) is 5.82 Å². The van der Waals surface area contributed by atoms with E-state index in [1.165, 1.54) is 11.6 Å². The number of rotatable bonds is 1. The Hall–Kier alpha value is -0.890. The minimum absolute atomic E-state index is 0.133. The van der Waals surface area contributed by atoms with Gasteiger partial charge >= 0.3 is 0 Å². The van der Waals surface area contributed by atoms with E-state index < -0.39 is 0 Å². The summed E-state index contributed by atoms with van der Waals surface area (Å²) in [5.41, 5.74) is 8.19. The lowest BCUT2D eigenvalue weighted by atomic mass is 9.93. The average molecular weight is 193 g/mol. The lowest BCUT2D eigenvalue weighted by Crippen LogP contribution is -2.14. The van der Waals surface area contributed by atoms with Gasteiger partial charge in [0.05, 0.1) is 0 Å². The van der Waals surface area contributed by atoms with Crippen LogP contribution in [-0.4, -0.2) is 6.04 Å². The summed E-state index contributed by atoms with van der Waals surface area (Å²) in [6, 6.07) is 5.35. The standard InChI is InChI=1S/C12H16FN/c1-8-2-4-10(13)7-12(8)9-3-5-11(14)6-9/h2,4,7,9,11H,3,5-6,14H2,1H3. The van der Waals surface area contributed by atoms with Gasteiger partial charge in [-0.3, -0.25) is 0 Å². The molecule has 1 fully saturated rings. The number of hydrogen-bond donors (Lipinski definition) is 1. The molecule has 0 saturated heterocycles. The predicted octanol–water partition coefficient (Wildman–Crippen LogP) is 2.73. The van der Waals surface area contributed by atoms with E-state index in [-0.39, 0.29) is 5.82 Å². The minimum atomic E-state index is -0.133. The van der Waals surface area contributed by atoms with Gasteiger partial charge in [-0.15, -0.1) is 0 Å². The molecule has 0 bridgehead atoms. The molecular formula is C12H16FN. The molecule has 1 aromatic carbocycles. The van der Waals surface area contributed by atoms with E-state index in [2.05, 4.69) is 0 Å². The van der Waals surface area contributed by atoms with Gasteiger partial charge in [-0.05, 0) is 55.4 Å². The summed E-state index contributed by atoms with van der Waals surface area (Å²) in [6.07, 6.45) is 3.18. The Morgan fingerprint density at radius 3 is 2.79 bits per heavy atom. The van der Waals surface area contributed by atoms with Gasteiger partial charge in [0.15, 0.2) is 0 Å². The molecule has 76 valence electrons. The highest BCUT2D eigenvalue weighted by Crippen LogP contribution is 2.35. The van der Waals surface area contributed by atoms with Gasteiger partial charge < -0.3 is 5.73 Å². The van der Waals surface area contributed by atoms with Crippen LogP contribution in [0.1, 0.15) is 36.3 Å². The van der Waals surface area contributed by atoms with E-state index in [1.54, 1.807) is 6.07 Å². The Bertz CT molecular complexity index is 335. The summed E-state index contributed by atoms with van der Waals surface area (Å²) in [4.78, 5) is 0. The summed E-state index contributed by atoms with van der Waals surface area (Å²) in [5.74, 6) is 0.340. The second kappa shape index (κ2) is 3.70. The van der Waals surface area contributed by atoms with Crippen molar-refractivity contribution in [2.24, 2.45) is 5.73 Å². The highest BCUT2D eigenvalue weighted by Gasteiger charge is 2.24. The number of halogens is 1. The molecule has 2 atom stereocenters. The van der Waals surface area contributed by atoms with Crippen molar-refractivity contribution in [3.05, 3.63) is 35.1 Å². The number of benzene rings is 1. The Balaban J connectivity index is 2.27. The molecule has 14 heavy (non-hydrogen) atoms. The molecule has 0 aromatic heterocycles. The van der Waals surface area contributed by atoms with Crippen LogP contribution in [-0.2, 0) is 0 Å². The van der Waals surface area contributed by atoms with E-state index in [0.717, 1.165) is 24.8 Å². The fourth-order valence-electron chi connectivity index (χ4n) is 2.35. The molecule has 0 heterocycles. The molecular weight excluding hydrogens is 177 g/mol. The highest BCUT2D eigenvalue weighted by molar-refractivity contribution is 5.30. The molecule has 2 rings (SSSR count). The molecule has 1 saturated carbocycles. The molecule has 1 aliphatic rings. The van der Waals surface area contributed by atoms with Crippen LogP contribution in [0.3, 0.4) is 0 Å². The highest BCUT2D eigenvalue weighted by atomic mass is 19.1. The van der Waals surface area contributed by atoms with Crippen molar-refractivity contribution >= 4 is 0 Å². The van der Waals surface area contributed by atoms with E-state index >= 15 is 0 Å². The molecule has 0 radical (unpaired) electrons. The van der Waals surface area contributed by atoms with E-state index in [9.17, 15) is 4.39 Å². The molecule has 2 unspecified atom stereocenters. The first-order valence-electron chi connectivity index (χ1n) is 5.18. The number of nitrogens with two attached hydrogens (primary N) is 1. The minimum Gasteiger partial charge on any atom is -0.328 e. The van der Waals surface area contributed by atoms with E-state index in [1.807, 2.05) is 13.0 Å². The fraction of sp³-hybridized carbons (Fsp3) is 0.500. The Morgan fingerprint density at radius 2 is 2.14 bits per heavy atom. The van der Waals surface area contributed by atoms with Crippen LogP contribution >= 0.6 is 0 Å². The van der Waals surface area contributed by atoms with Crippen LogP contribution in [0.15, 0.2) is 18.2 Å². The first-order chi connectivity index (χ1) is 6.66. The number of aryl methyl sites for hydroxylation is 1. The predicted molar refractivity (Wildman–Crippen MR) is 55.7 cm³/mol. The zero-order chi connectivity index (χ0) is 10.1. The Kier molecular flexibility index (Phi) is 2.55. The van der Waals surface area contributed by atoms with Gasteiger partial charge in [0, 0.05) is 6.04 Å². The first kappa shape index (κ1) is 9.66. The first-order valence-corrected chi connectivity index (χ1v) is 5.18. The van der Waals surface area contributed by atoms with Gasteiger partial charge in [-0.25, -0.2) is 4.39 Å². The van der Waals surface area contributed by atoms with Gasteiger partial charge in [-0.1, -0.05) is 6.07 Å². The average Bonchev–Trinajstić information content (AvgIpc) is 2.56. The second-order valence-electron chi connectivity index (χ2n) is 4.27. The van der Waals surface area contributed by atoms with Crippen molar-refractivity contribution in [1.82, 2.24) is 0 Å². The van der Waals surface area contributed by atoms with Crippen LogP contribution < -0.4 is 5.73 Å². The van der Waals surface area contributed by atoms with Crippen LogP contribution in [0.5, 0.6) is 0 Å². The zero-order valence-corrected chi connectivity index (χ0v) is 8.46. The molecule has 1 aliphatic carbocycles. The summed E-state index contributed by atoms with van der Waals surface area (Å²) >= 11 is 0. The number of hydrogen-bond acceptors (Lipinski definition) is 1. The Labute approximate surface area is 84.1 Å². The maximum atomic E-state index is 13.1. The summed E-state index contributed by atoms with van der Waals surface area (Å²) < 4.78 is 13.1. The van der Waals surface area contributed by atoms with Gasteiger partial charge in [-0.2, -0.15) is 0 Å². The van der Waals surface area contributed by atoms with Crippen molar-refractivity contribution in [2.45, 2.75) is 38.1 Å². The van der Waals surface area contributed by atoms with Crippen molar-refractivity contribution in [3.63, 3.8) is 0 Å². The molecule has 0 amide bonds. The van der Waals surface area contributed by atoms with Crippen molar-refractivity contribution in [3.8, 4) is 0 Å². The maximum absolute atomic E-state index is 13.1. The smallest absolute Gasteiger partial charge is 0.123 e. The fourth-order valence-corrected chi connectivity index (χ4v) is 2.35. The summed E-state index contributed by atoms with van der Waals surface area (Å²) in [6.45, 7) is 2.04. The quantitative estimate of drug-likeness (QED) is 0.729. The van der Waals surface area contributed by atoms with Crippen LogP contribution in [0.4, 0.5) is 4.39 Å². The second-order valence-corrected chi connectivity index (χ2v) is 4.27. The third-order valence-electron chi connectivity index (χ3n) is 3.15. The molecule has 1 nitrogen and oxygen atoms in total. The molecule has 2 N–H and O–H groups in total. The topological polar surface area (TPSA) is 26.0 Å². The van der Waals surface area contributed by atoms with Gasteiger partial charge in [0.25, 0.3) is 0 Å². The van der Waals surface area contributed by atoms with Crippen LogP contribution in [0.2, 0.25) is 0 Å². The van der Waals surface area contributed by atoms with Crippen molar-refractivity contribution in [2.75, 3.05) is 0 Å². The summed E-state index contributed by atoms with van der Waals surface area (Å²) in [7, 11) is 0. The largest absolute Gasteiger partial charge is 0.328 e. The third-order valence-corrected chi connectivity index (χ3v) is 3.15. The monoisotopic (exact) mass is 193 g/mol. The lowest BCUT2D eigenvalue weighted by molar-refractivity contribution is 0.615.